The number of amides is 1. The van der Waals surface area contributed by atoms with Crippen molar-refractivity contribution in [2.24, 2.45) is 5.73 Å². The Bertz CT molecular complexity index is 300. The van der Waals surface area contributed by atoms with E-state index < -0.39 is 5.91 Å². The van der Waals surface area contributed by atoms with E-state index >= 15 is 0 Å². The second-order valence-electron chi connectivity index (χ2n) is 3.38. The van der Waals surface area contributed by atoms with Crippen molar-refractivity contribution in [2.75, 3.05) is 21.1 Å². The van der Waals surface area contributed by atoms with Crippen molar-refractivity contribution in [2.45, 2.75) is 0 Å². The third-order valence-corrected chi connectivity index (χ3v) is 2.24. The maximum Gasteiger partial charge on any atom is 0.266 e. The van der Waals surface area contributed by atoms with Gasteiger partial charge in [-0.3, -0.25) is 9.28 Å². The highest BCUT2D eigenvalue weighted by molar-refractivity contribution is 7.12. The number of rotatable bonds is 2. The van der Waals surface area contributed by atoms with Crippen LogP contribution in [0.25, 0.3) is 0 Å². The number of nitrogens with zero attached hydrogens (tertiary/aromatic N) is 2. The molecule has 0 unspecified atom stereocenters. The first-order valence-corrected chi connectivity index (χ1v) is 4.36. The van der Waals surface area contributed by atoms with Crippen LogP contribution in [0.5, 0.6) is 0 Å². The molecule has 4 nitrogen and oxygen atoms in total. The lowest BCUT2D eigenvalue weighted by Crippen LogP contribution is -2.36. The fraction of sp³-hybridized carbons (Fsp3) is 0.429. The summed E-state index contributed by atoms with van der Waals surface area (Å²) in [5, 5.41) is 0. The Kier molecular flexibility index (Phi) is 2.16. The van der Waals surface area contributed by atoms with Crippen molar-refractivity contribution in [3.8, 4) is 0 Å². The van der Waals surface area contributed by atoms with Crippen molar-refractivity contribution in [1.82, 2.24) is 9.47 Å². The molecule has 12 heavy (non-hydrogen) atoms. The van der Waals surface area contributed by atoms with Gasteiger partial charge in [0.2, 0.25) is 0 Å². The number of thiazole rings is 1. The van der Waals surface area contributed by atoms with Gasteiger partial charge in [0.05, 0.1) is 26.7 Å². The predicted molar refractivity (Wildman–Crippen MR) is 50.2 cm³/mol. The normalized spacial score (nSPS) is 11.6. The Morgan fingerprint density at radius 2 is 2.17 bits per heavy atom. The molecule has 0 saturated heterocycles. The van der Waals surface area contributed by atoms with Gasteiger partial charge < -0.3 is 5.73 Å². The molecule has 0 fully saturated rings. The molecule has 0 aliphatic rings. The van der Waals surface area contributed by atoms with E-state index in [0.29, 0.717) is 9.36 Å². The van der Waals surface area contributed by atoms with E-state index in [0.717, 1.165) is 5.82 Å². The summed E-state index contributed by atoms with van der Waals surface area (Å²) in [5.41, 5.74) is 6.82. The molecule has 5 heteroatoms. The molecule has 0 saturated carbocycles. The summed E-state index contributed by atoms with van der Waals surface area (Å²) < 4.78 is 0.516. The van der Waals surface area contributed by atoms with E-state index in [-0.39, 0.29) is 0 Å². The van der Waals surface area contributed by atoms with Gasteiger partial charge in [0, 0.05) is 0 Å². The van der Waals surface area contributed by atoms with Crippen molar-refractivity contribution in [1.29, 1.82) is 0 Å². The van der Waals surface area contributed by atoms with Gasteiger partial charge in [-0.1, -0.05) is 0 Å². The summed E-state index contributed by atoms with van der Waals surface area (Å²) in [7, 11) is 5.84. The lowest BCUT2D eigenvalue weighted by atomic mass is 10.4. The maximum absolute atomic E-state index is 10.9. The molecule has 66 valence electrons. The van der Waals surface area contributed by atoms with Gasteiger partial charge in [0.1, 0.15) is 0 Å². The second kappa shape index (κ2) is 2.84. The molecule has 1 aromatic heterocycles. The van der Waals surface area contributed by atoms with Crippen molar-refractivity contribution >= 4 is 23.1 Å². The number of carbonyl (C=O) groups is 1. The van der Waals surface area contributed by atoms with Crippen molar-refractivity contribution < 1.29 is 4.79 Å². The number of primary amides is 1. The Labute approximate surface area is 75.2 Å². The number of hydrogen-bond acceptors (Lipinski definition) is 3. The largest absolute Gasteiger partial charge is 0.365 e. The van der Waals surface area contributed by atoms with Gasteiger partial charge in [-0.15, -0.1) is 11.3 Å². The van der Waals surface area contributed by atoms with Crippen molar-refractivity contribution in [3.63, 3.8) is 0 Å². The molecule has 0 aromatic carbocycles. The fourth-order valence-corrected chi connectivity index (χ4v) is 1.69. The van der Waals surface area contributed by atoms with E-state index in [1.807, 2.05) is 21.1 Å². The Balaban J connectivity index is 3.17. The van der Waals surface area contributed by atoms with Gasteiger partial charge in [-0.05, 0) is 0 Å². The summed E-state index contributed by atoms with van der Waals surface area (Å²) in [4.78, 5) is 15.6. The Morgan fingerprint density at radius 1 is 1.58 bits per heavy atom. The minimum absolute atomic E-state index is 0.402. The molecule has 0 spiro atoms. The predicted octanol–water partition coefficient (Wildman–Crippen LogP) is 0.439. The summed E-state index contributed by atoms with van der Waals surface area (Å²) in [6.07, 6.45) is 0. The first kappa shape index (κ1) is 9.15. The van der Waals surface area contributed by atoms with E-state index in [2.05, 4.69) is 4.98 Å². The quantitative estimate of drug-likeness (QED) is 0.681. The Morgan fingerprint density at radius 3 is 2.50 bits per heavy atom. The van der Waals surface area contributed by atoms with E-state index in [1.54, 1.807) is 5.51 Å². The lowest BCUT2D eigenvalue weighted by molar-refractivity contribution is 0.100. The SMILES string of the molecule is C[N+](C)(C)c1ncsc1C(N)=O. The molecule has 1 heterocycles. The number of nitrogens with two attached hydrogens (primary N) is 1. The van der Waals surface area contributed by atoms with Crippen LogP contribution in [0, 0.1) is 0 Å². The van der Waals surface area contributed by atoms with Gasteiger partial charge in [0.25, 0.3) is 11.7 Å². The van der Waals surface area contributed by atoms with Crippen LogP contribution in [0.15, 0.2) is 5.51 Å². The lowest BCUT2D eigenvalue weighted by Gasteiger charge is -2.20. The van der Waals surface area contributed by atoms with Crippen LogP contribution < -0.4 is 10.2 Å². The van der Waals surface area contributed by atoms with Crippen LogP contribution in [-0.2, 0) is 0 Å². The molecular weight excluding hydrogens is 174 g/mol. The molecule has 0 bridgehead atoms. The van der Waals surface area contributed by atoms with Crippen LogP contribution in [0.3, 0.4) is 0 Å². The van der Waals surface area contributed by atoms with Crippen LogP contribution in [0.4, 0.5) is 5.82 Å². The summed E-state index contributed by atoms with van der Waals surface area (Å²) in [5.74, 6) is 0.327. The standard InChI is InChI=1S/C7H11N3OS/c1-10(2,3)7-5(6(8)11)12-4-9-7/h4H,1-3H3,(H-,8,11)/p+1. The minimum Gasteiger partial charge on any atom is -0.365 e. The molecule has 0 aliphatic carbocycles. The number of quaternary nitrogens is 1. The van der Waals surface area contributed by atoms with Crippen LogP contribution in [-0.4, -0.2) is 32.0 Å². The van der Waals surface area contributed by atoms with Crippen LogP contribution in [0.2, 0.25) is 0 Å². The average Bonchev–Trinajstić information content (AvgIpc) is 2.30. The molecule has 0 radical (unpaired) electrons. The number of hydrogen-bond donors (Lipinski definition) is 1. The van der Waals surface area contributed by atoms with Gasteiger partial charge in [-0.25, -0.2) is 0 Å². The highest BCUT2D eigenvalue weighted by atomic mass is 32.1. The second-order valence-corrected chi connectivity index (χ2v) is 4.24. The maximum atomic E-state index is 10.9. The van der Waals surface area contributed by atoms with Gasteiger partial charge in [-0.2, -0.15) is 4.98 Å². The summed E-state index contributed by atoms with van der Waals surface area (Å²) in [6.45, 7) is 0. The first-order valence-electron chi connectivity index (χ1n) is 3.48. The summed E-state index contributed by atoms with van der Waals surface area (Å²) in [6, 6.07) is 0. The van der Waals surface area contributed by atoms with Gasteiger partial charge in [0.15, 0.2) is 4.88 Å². The highest BCUT2D eigenvalue weighted by Crippen LogP contribution is 2.23. The highest BCUT2D eigenvalue weighted by Gasteiger charge is 2.23. The minimum atomic E-state index is -0.402. The Hall–Kier alpha value is -0.940. The third-order valence-electron chi connectivity index (χ3n) is 1.41. The number of aromatic nitrogens is 1. The van der Waals surface area contributed by atoms with E-state index in [9.17, 15) is 4.79 Å². The number of carbonyl (C=O) groups excluding carboxylic acids is 1. The molecule has 1 aromatic rings. The zero-order valence-corrected chi connectivity index (χ0v) is 8.18. The topological polar surface area (TPSA) is 56.0 Å². The molecular formula is C7H12N3OS+. The molecule has 1 amide bonds. The zero-order chi connectivity index (χ0) is 9.35. The van der Waals surface area contributed by atoms with Crippen LogP contribution in [0.1, 0.15) is 9.67 Å². The molecule has 2 N–H and O–H groups in total. The van der Waals surface area contributed by atoms with Crippen LogP contribution >= 0.6 is 11.3 Å². The smallest absolute Gasteiger partial charge is 0.266 e. The van der Waals surface area contributed by atoms with Crippen molar-refractivity contribution in [3.05, 3.63) is 10.4 Å². The van der Waals surface area contributed by atoms with Gasteiger partial charge >= 0.3 is 0 Å². The average molecular weight is 186 g/mol. The molecule has 0 aliphatic heterocycles. The van der Waals surface area contributed by atoms with E-state index in [1.165, 1.54) is 11.3 Å². The fourth-order valence-electron chi connectivity index (χ4n) is 0.886. The zero-order valence-electron chi connectivity index (χ0n) is 7.37. The molecule has 0 atom stereocenters. The first-order chi connectivity index (χ1) is 5.43. The van der Waals surface area contributed by atoms with E-state index in [4.69, 9.17) is 5.73 Å². The monoisotopic (exact) mass is 186 g/mol. The molecule has 1 rings (SSSR count). The third kappa shape index (κ3) is 1.62. The summed E-state index contributed by atoms with van der Waals surface area (Å²) >= 11 is 1.28.